The van der Waals surface area contributed by atoms with Gasteiger partial charge < -0.3 is 11.5 Å². The molecule has 5 N–H and O–H groups in total. The van der Waals surface area contributed by atoms with Crippen LogP contribution in [-0.2, 0) is 25.8 Å². The van der Waals surface area contributed by atoms with Crippen molar-refractivity contribution in [2.24, 2.45) is 23.3 Å². The van der Waals surface area contributed by atoms with Crippen molar-refractivity contribution in [3.8, 4) is 22.5 Å². The van der Waals surface area contributed by atoms with Crippen molar-refractivity contribution >= 4 is 39.7 Å². The van der Waals surface area contributed by atoms with Crippen molar-refractivity contribution in [1.82, 2.24) is 25.6 Å². The highest BCUT2D eigenvalue weighted by atomic mass is 35.5. The van der Waals surface area contributed by atoms with Gasteiger partial charge in [0, 0.05) is 35.7 Å². The largest absolute Gasteiger partial charge is 0.330 e. The zero-order chi connectivity index (χ0) is 30.6. The molecule has 2 amide bonds. The van der Waals surface area contributed by atoms with Crippen LogP contribution in [0.2, 0.25) is 0 Å². The molecule has 0 aliphatic heterocycles. The number of carbonyl (C=O) groups excluding carboxylic acids is 2. The van der Waals surface area contributed by atoms with Gasteiger partial charge in [-0.05, 0) is 91.2 Å². The molecule has 1 aliphatic carbocycles. The lowest BCUT2D eigenvalue weighted by Gasteiger charge is -2.32. The monoisotopic (exact) mass is 638 g/mol. The molecule has 0 radical (unpaired) electrons. The molecular weight excluding hydrogens is 604 g/mol. The van der Waals surface area contributed by atoms with E-state index >= 15 is 0 Å². The van der Waals surface area contributed by atoms with Gasteiger partial charge in [-0.25, -0.2) is 13.3 Å². The van der Waals surface area contributed by atoms with E-state index < -0.39 is 21.8 Å². The second-order valence-corrected chi connectivity index (χ2v) is 13.0. The highest BCUT2D eigenvalue weighted by Crippen LogP contribution is 2.32. The van der Waals surface area contributed by atoms with Gasteiger partial charge in [0.2, 0.25) is 11.7 Å². The highest BCUT2D eigenvalue weighted by molar-refractivity contribution is 7.90. The number of halogens is 1. The number of hydrogen-bond donors (Lipinski definition) is 3. The molecule has 5 rings (SSSR count). The summed E-state index contributed by atoms with van der Waals surface area (Å²) in [5.74, 6) is -0.275. The smallest absolute Gasteiger partial charge is 0.251 e. The molecular formula is C30H35ClN8O4S. The van der Waals surface area contributed by atoms with Crippen LogP contribution in [0.5, 0.6) is 0 Å². The van der Waals surface area contributed by atoms with E-state index in [1.807, 2.05) is 24.3 Å². The number of imide groups is 1. The molecule has 12 nitrogen and oxygen atoms in total. The lowest BCUT2D eigenvalue weighted by Crippen LogP contribution is -2.50. The Morgan fingerprint density at radius 3 is 2.23 bits per heavy atom. The first kappa shape index (κ1) is 32.9. The number of H-pyrrole nitrogens is 1. The number of aromatic amines is 1. The number of nitrogens with two attached hydrogens (primary N) is 2. The van der Waals surface area contributed by atoms with Crippen molar-refractivity contribution in [1.29, 1.82) is 0 Å². The molecule has 0 saturated heterocycles. The van der Waals surface area contributed by atoms with Crippen LogP contribution in [0.25, 0.3) is 22.5 Å². The molecule has 1 saturated carbocycles. The van der Waals surface area contributed by atoms with Gasteiger partial charge in [-0.1, -0.05) is 24.3 Å². The molecule has 1 fully saturated rings. The third-order valence-electron chi connectivity index (χ3n) is 7.90. The number of carbonyl (C=O) groups is 2. The standard InChI is InChI=1S/C30H34N8O4S.ClH/c1-43(41,42)26-15-24(17-33-18-26)21-6-2-19(3-7-21)14-27(32)30(40)38(29(39)23-8-4-20(16-31)5-9-23)25-12-10-22(11-13-25)28-34-36-37-35-28;/h2-3,6-7,10-13,15,17-18,20,23,27H,4-5,8-9,14,16,31-32H2,1H3,(H,34,35,36,37);1H/t20-,23-,27-;/m0./s1. The second kappa shape index (κ2) is 14.2. The second-order valence-electron chi connectivity index (χ2n) is 10.9. The van der Waals surface area contributed by atoms with Crippen molar-refractivity contribution in [3.63, 3.8) is 0 Å². The first-order valence-corrected chi connectivity index (χ1v) is 15.9. The minimum Gasteiger partial charge on any atom is -0.330 e. The average molecular weight is 639 g/mol. The Balaban J connectivity index is 0.00000442. The summed E-state index contributed by atoms with van der Waals surface area (Å²) in [6.07, 6.45) is 7.25. The van der Waals surface area contributed by atoms with Gasteiger partial charge in [-0.15, -0.1) is 22.6 Å². The predicted octanol–water partition coefficient (Wildman–Crippen LogP) is 2.95. The molecule has 14 heteroatoms. The van der Waals surface area contributed by atoms with Crippen molar-refractivity contribution < 1.29 is 18.0 Å². The summed E-state index contributed by atoms with van der Waals surface area (Å²) in [6, 6.07) is 14.7. The van der Waals surface area contributed by atoms with Crippen LogP contribution in [0.15, 0.2) is 71.9 Å². The third-order valence-corrected chi connectivity index (χ3v) is 8.98. The van der Waals surface area contributed by atoms with Crippen LogP contribution in [0, 0.1) is 11.8 Å². The Kier molecular flexibility index (Phi) is 10.6. The van der Waals surface area contributed by atoms with Gasteiger partial charge in [0.25, 0.3) is 5.91 Å². The number of benzene rings is 2. The normalized spacial score (nSPS) is 17.3. The Labute approximate surface area is 262 Å². The Morgan fingerprint density at radius 2 is 1.64 bits per heavy atom. The van der Waals surface area contributed by atoms with Crippen LogP contribution in [-0.4, -0.2) is 64.7 Å². The molecule has 1 atom stereocenters. The number of anilines is 1. The number of pyridine rings is 1. The number of tetrazole rings is 1. The highest BCUT2D eigenvalue weighted by Gasteiger charge is 2.35. The zero-order valence-corrected chi connectivity index (χ0v) is 25.8. The Hall–Kier alpha value is -4.04. The molecule has 2 aromatic carbocycles. The number of rotatable bonds is 9. The van der Waals surface area contributed by atoms with Crippen molar-refractivity contribution in [2.75, 3.05) is 17.7 Å². The van der Waals surface area contributed by atoms with Crippen LogP contribution in [0.1, 0.15) is 31.2 Å². The average Bonchev–Trinajstić information content (AvgIpc) is 3.57. The summed E-state index contributed by atoms with van der Waals surface area (Å²) >= 11 is 0. The number of hydrogen-bond acceptors (Lipinski definition) is 10. The summed E-state index contributed by atoms with van der Waals surface area (Å²) in [7, 11) is -3.40. The maximum absolute atomic E-state index is 13.8. The Bertz CT molecular complexity index is 1670. The van der Waals surface area contributed by atoms with E-state index in [1.54, 1.807) is 36.5 Å². The molecule has 2 heterocycles. The number of nitrogens with zero attached hydrogens (tertiary/aromatic N) is 5. The van der Waals surface area contributed by atoms with Gasteiger partial charge in [0.05, 0.1) is 16.6 Å². The van der Waals surface area contributed by atoms with Crippen LogP contribution in [0.4, 0.5) is 5.69 Å². The zero-order valence-electron chi connectivity index (χ0n) is 24.2. The lowest BCUT2D eigenvalue weighted by molar-refractivity contribution is -0.130. The summed E-state index contributed by atoms with van der Waals surface area (Å²) in [5, 5.41) is 13.9. The first-order valence-electron chi connectivity index (χ1n) is 14.1. The molecule has 0 spiro atoms. The third kappa shape index (κ3) is 7.53. The summed E-state index contributed by atoms with van der Waals surface area (Å²) in [4.78, 5) is 33.1. The van der Waals surface area contributed by atoms with Gasteiger partial charge in [0.1, 0.15) is 0 Å². The first-order chi connectivity index (χ1) is 20.6. The fourth-order valence-electron chi connectivity index (χ4n) is 5.35. The molecule has 44 heavy (non-hydrogen) atoms. The SMILES string of the molecule is CS(=O)(=O)c1cncc(-c2ccc(C[C@H](N)C(=O)N(c3ccc(-c4nn[nH]n4)cc3)C(=O)[C@H]3CC[C@H](CN)CC3)cc2)c1.Cl. The predicted molar refractivity (Wildman–Crippen MR) is 168 cm³/mol. The van der Waals surface area contributed by atoms with Gasteiger partial charge in [-0.3, -0.25) is 14.6 Å². The van der Waals surface area contributed by atoms with E-state index in [0.717, 1.165) is 30.2 Å². The molecule has 232 valence electrons. The lowest BCUT2D eigenvalue weighted by atomic mass is 9.81. The minimum absolute atomic E-state index is 0. The minimum atomic E-state index is -3.40. The quantitative estimate of drug-likeness (QED) is 0.246. The molecule has 2 aromatic heterocycles. The number of amides is 2. The summed E-state index contributed by atoms with van der Waals surface area (Å²) in [5.41, 5.74) is 15.6. The van der Waals surface area contributed by atoms with E-state index in [0.29, 0.717) is 47.9 Å². The Morgan fingerprint density at radius 1 is 0.977 bits per heavy atom. The molecule has 0 unspecified atom stereocenters. The van der Waals surface area contributed by atoms with Crippen molar-refractivity contribution in [3.05, 3.63) is 72.6 Å². The molecule has 1 aliphatic rings. The maximum atomic E-state index is 13.8. The number of nitrogens with one attached hydrogen (secondary N) is 1. The summed E-state index contributed by atoms with van der Waals surface area (Å²) in [6.45, 7) is 0.588. The number of sulfone groups is 1. The van der Waals surface area contributed by atoms with E-state index in [9.17, 15) is 18.0 Å². The van der Waals surface area contributed by atoms with E-state index in [2.05, 4.69) is 25.6 Å². The van der Waals surface area contributed by atoms with Gasteiger partial charge >= 0.3 is 0 Å². The maximum Gasteiger partial charge on any atom is 0.251 e. The fraction of sp³-hybridized carbons (Fsp3) is 0.333. The fourth-order valence-corrected chi connectivity index (χ4v) is 5.95. The van der Waals surface area contributed by atoms with E-state index in [1.165, 1.54) is 11.1 Å². The molecule has 4 aromatic rings. The van der Waals surface area contributed by atoms with Gasteiger partial charge in [-0.2, -0.15) is 5.21 Å². The topological polar surface area (TPSA) is 191 Å². The van der Waals surface area contributed by atoms with Gasteiger partial charge in [0.15, 0.2) is 9.84 Å². The van der Waals surface area contributed by atoms with E-state index in [4.69, 9.17) is 11.5 Å². The van der Waals surface area contributed by atoms with Crippen LogP contribution < -0.4 is 16.4 Å². The summed E-state index contributed by atoms with van der Waals surface area (Å²) < 4.78 is 23.9. The van der Waals surface area contributed by atoms with E-state index in [-0.39, 0.29) is 35.5 Å². The molecule has 0 bridgehead atoms. The van der Waals surface area contributed by atoms with Crippen LogP contribution in [0.3, 0.4) is 0 Å². The number of aromatic nitrogens is 5. The van der Waals surface area contributed by atoms with Crippen LogP contribution >= 0.6 is 12.4 Å². The van der Waals surface area contributed by atoms with Crippen molar-refractivity contribution in [2.45, 2.75) is 43.0 Å².